The molecule has 0 unspecified atom stereocenters. The van der Waals surface area contributed by atoms with Crippen molar-refractivity contribution in [3.63, 3.8) is 0 Å². The van der Waals surface area contributed by atoms with Gasteiger partial charge in [0.1, 0.15) is 0 Å². The summed E-state index contributed by atoms with van der Waals surface area (Å²) < 4.78 is 29.3. The highest BCUT2D eigenvalue weighted by Gasteiger charge is 2.16. The summed E-state index contributed by atoms with van der Waals surface area (Å²) in [6, 6.07) is 0.831. The van der Waals surface area contributed by atoms with Crippen LogP contribution in [0, 0.1) is 0 Å². The molecule has 72 valence electrons. The molecule has 1 N–H and O–H groups in total. The minimum Gasteiger partial charge on any atom is -0.481 e. The first-order chi connectivity index (χ1) is 6.06. The molecule has 3 nitrogen and oxygen atoms in total. The summed E-state index contributed by atoms with van der Waals surface area (Å²) in [6.07, 6.45) is -2.70. The summed E-state index contributed by atoms with van der Waals surface area (Å²) in [7, 11) is 1.28. The molecule has 0 atom stereocenters. The van der Waals surface area contributed by atoms with Gasteiger partial charge in [-0.05, 0) is 15.9 Å². The molecular weight excluding hydrogens is 248 g/mol. The Balaban J connectivity index is 3.36. The Morgan fingerprint density at radius 3 is 2.69 bits per heavy atom. The van der Waals surface area contributed by atoms with Gasteiger partial charge >= 0.3 is 0 Å². The molecule has 0 fully saturated rings. The van der Waals surface area contributed by atoms with Crippen LogP contribution in [0.15, 0.2) is 15.3 Å². The first-order valence-electron chi connectivity index (χ1n) is 3.31. The molecule has 0 spiro atoms. The Labute approximate surface area is 80.9 Å². The topological polar surface area (TPSA) is 42.1 Å². The van der Waals surface area contributed by atoms with Crippen LogP contribution in [0.25, 0.3) is 0 Å². The Hall–Kier alpha value is -0.910. The molecule has 0 radical (unpaired) electrons. The second-order valence-electron chi connectivity index (χ2n) is 2.24. The molecular formula is C7H6BrF2NO2. The van der Waals surface area contributed by atoms with Crippen LogP contribution >= 0.6 is 15.9 Å². The SMILES string of the molecule is COc1[nH]c(=O)cc(C(F)F)c1Br. The molecule has 0 aliphatic heterocycles. The van der Waals surface area contributed by atoms with Gasteiger partial charge in [0, 0.05) is 11.6 Å². The summed E-state index contributed by atoms with van der Waals surface area (Å²) >= 11 is 2.90. The van der Waals surface area contributed by atoms with E-state index in [1.54, 1.807) is 0 Å². The zero-order valence-corrected chi connectivity index (χ0v) is 8.19. The van der Waals surface area contributed by atoms with Crippen molar-refractivity contribution in [1.29, 1.82) is 0 Å². The maximum atomic E-state index is 12.3. The Kier molecular flexibility index (Phi) is 3.02. The van der Waals surface area contributed by atoms with E-state index < -0.39 is 12.0 Å². The van der Waals surface area contributed by atoms with E-state index in [-0.39, 0.29) is 15.9 Å². The second-order valence-corrected chi connectivity index (χ2v) is 3.03. The number of methoxy groups -OCH3 is 1. The molecule has 1 aromatic rings. The minimum absolute atomic E-state index is 0.00259. The fourth-order valence-corrected chi connectivity index (χ4v) is 1.39. The highest BCUT2D eigenvalue weighted by Crippen LogP contribution is 2.31. The van der Waals surface area contributed by atoms with Gasteiger partial charge in [0.05, 0.1) is 11.6 Å². The van der Waals surface area contributed by atoms with Gasteiger partial charge in [-0.1, -0.05) is 0 Å². The number of hydrogen-bond acceptors (Lipinski definition) is 2. The largest absolute Gasteiger partial charge is 0.481 e. The van der Waals surface area contributed by atoms with Gasteiger partial charge in [0.2, 0.25) is 5.88 Å². The lowest BCUT2D eigenvalue weighted by Crippen LogP contribution is -2.09. The van der Waals surface area contributed by atoms with Crippen LogP contribution in [0.3, 0.4) is 0 Å². The van der Waals surface area contributed by atoms with Crippen molar-refractivity contribution in [3.05, 3.63) is 26.5 Å². The highest BCUT2D eigenvalue weighted by atomic mass is 79.9. The summed E-state index contributed by atoms with van der Waals surface area (Å²) in [5.74, 6) is 0.00259. The lowest BCUT2D eigenvalue weighted by Gasteiger charge is -2.06. The third-order valence-corrected chi connectivity index (χ3v) is 2.23. The van der Waals surface area contributed by atoms with Crippen molar-refractivity contribution in [2.75, 3.05) is 7.11 Å². The van der Waals surface area contributed by atoms with Crippen molar-refractivity contribution in [2.45, 2.75) is 6.43 Å². The highest BCUT2D eigenvalue weighted by molar-refractivity contribution is 9.10. The molecule has 0 amide bonds. The zero-order valence-electron chi connectivity index (χ0n) is 6.61. The van der Waals surface area contributed by atoms with E-state index in [2.05, 4.69) is 25.7 Å². The normalized spacial score (nSPS) is 10.5. The monoisotopic (exact) mass is 253 g/mol. The maximum absolute atomic E-state index is 12.3. The molecule has 1 heterocycles. The number of hydrogen-bond donors (Lipinski definition) is 1. The van der Waals surface area contributed by atoms with Gasteiger partial charge in [-0.2, -0.15) is 0 Å². The molecule has 0 aliphatic rings. The van der Waals surface area contributed by atoms with E-state index >= 15 is 0 Å². The molecule has 0 bridgehead atoms. The molecule has 13 heavy (non-hydrogen) atoms. The second kappa shape index (κ2) is 3.87. The quantitative estimate of drug-likeness (QED) is 0.877. The third kappa shape index (κ3) is 2.06. The van der Waals surface area contributed by atoms with E-state index in [4.69, 9.17) is 0 Å². The molecule has 0 aliphatic carbocycles. The number of halogens is 3. The number of H-pyrrole nitrogens is 1. The van der Waals surface area contributed by atoms with E-state index in [9.17, 15) is 13.6 Å². The van der Waals surface area contributed by atoms with Crippen LogP contribution in [0.2, 0.25) is 0 Å². The maximum Gasteiger partial charge on any atom is 0.265 e. The first-order valence-corrected chi connectivity index (χ1v) is 4.10. The van der Waals surface area contributed by atoms with Gasteiger partial charge in [0.15, 0.2) is 0 Å². The van der Waals surface area contributed by atoms with E-state index in [1.807, 2.05) is 0 Å². The zero-order chi connectivity index (χ0) is 10.0. The van der Waals surface area contributed by atoms with Crippen molar-refractivity contribution >= 4 is 15.9 Å². The number of aromatic nitrogens is 1. The van der Waals surface area contributed by atoms with Gasteiger partial charge in [-0.15, -0.1) is 0 Å². The summed E-state index contributed by atoms with van der Waals surface area (Å²) in [5.41, 5.74) is -0.990. The lowest BCUT2D eigenvalue weighted by atomic mass is 10.3. The number of ether oxygens (including phenoxy) is 1. The fourth-order valence-electron chi connectivity index (χ4n) is 0.838. The molecule has 1 aromatic heterocycles. The minimum atomic E-state index is -2.70. The van der Waals surface area contributed by atoms with Crippen LogP contribution in [-0.2, 0) is 0 Å². The van der Waals surface area contributed by atoms with Crippen molar-refractivity contribution in [2.24, 2.45) is 0 Å². The molecule has 0 saturated heterocycles. The van der Waals surface area contributed by atoms with E-state index in [0.717, 1.165) is 6.07 Å². The standard InChI is InChI=1S/C7H6BrF2NO2/c1-13-7-5(8)3(6(9)10)2-4(12)11-7/h2,6H,1H3,(H,11,12). The lowest BCUT2D eigenvalue weighted by molar-refractivity contribution is 0.149. The summed E-state index contributed by atoms with van der Waals surface area (Å²) in [6.45, 7) is 0. The van der Waals surface area contributed by atoms with Crippen LogP contribution in [-0.4, -0.2) is 12.1 Å². The number of alkyl halides is 2. The number of pyridine rings is 1. The predicted molar refractivity (Wildman–Crippen MR) is 46.3 cm³/mol. The van der Waals surface area contributed by atoms with E-state index in [0.29, 0.717) is 0 Å². The summed E-state index contributed by atoms with van der Waals surface area (Å²) in [5, 5.41) is 0. The smallest absolute Gasteiger partial charge is 0.265 e. The van der Waals surface area contributed by atoms with Crippen molar-refractivity contribution < 1.29 is 13.5 Å². The number of aromatic amines is 1. The number of nitrogens with one attached hydrogen (secondary N) is 1. The van der Waals surface area contributed by atoms with Crippen molar-refractivity contribution in [1.82, 2.24) is 4.98 Å². The first kappa shape index (κ1) is 10.2. The molecule has 0 saturated carbocycles. The Morgan fingerprint density at radius 1 is 1.62 bits per heavy atom. The number of rotatable bonds is 2. The average Bonchev–Trinajstić information content (AvgIpc) is 2.08. The van der Waals surface area contributed by atoms with Crippen LogP contribution < -0.4 is 10.3 Å². The Bertz CT molecular complexity index is 364. The van der Waals surface area contributed by atoms with Crippen molar-refractivity contribution in [3.8, 4) is 5.88 Å². The van der Waals surface area contributed by atoms with Gasteiger partial charge in [-0.3, -0.25) is 9.78 Å². The van der Waals surface area contributed by atoms with Crippen LogP contribution in [0.5, 0.6) is 5.88 Å². The van der Waals surface area contributed by atoms with Gasteiger partial charge < -0.3 is 4.74 Å². The predicted octanol–water partition coefficient (Wildman–Crippen LogP) is 2.08. The average molecular weight is 254 g/mol. The van der Waals surface area contributed by atoms with Gasteiger partial charge in [0.25, 0.3) is 12.0 Å². The Morgan fingerprint density at radius 2 is 2.23 bits per heavy atom. The van der Waals surface area contributed by atoms with E-state index in [1.165, 1.54) is 7.11 Å². The molecule has 6 heteroatoms. The van der Waals surface area contributed by atoms with Gasteiger partial charge in [-0.25, -0.2) is 8.78 Å². The summed E-state index contributed by atoms with van der Waals surface area (Å²) in [4.78, 5) is 13.1. The fraction of sp³-hybridized carbons (Fsp3) is 0.286. The molecule has 1 rings (SSSR count). The van der Waals surface area contributed by atoms with Crippen LogP contribution in [0.4, 0.5) is 8.78 Å². The third-order valence-electron chi connectivity index (χ3n) is 1.42. The van der Waals surface area contributed by atoms with Crippen LogP contribution in [0.1, 0.15) is 12.0 Å². The molecule has 0 aromatic carbocycles.